The molecule has 3 rings (SSSR count). The van der Waals surface area contributed by atoms with Gasteiger partial charge in [-0.15, -0.1) is 0 Å². The van der Waals surface area contributed by atoms with E-state index in [1.165, 1.54) is 0 Å². The van der Waals surface area contributed by atoms with Crippen LogP contribution in [0.2, 0.25) is 10.0 Å². The number of halogens is 2. The molecule has 0 heterocycles. The number of benzene rings is 2. The average Bonchev–Trinajstić information content (AvgIpc) is 2.62. The lowest BCUT2D eigenvalue weighted by Crippen LogP contribution is -2.21. The monoisotopic (exact) mass is 375 g/mol. The Labute approximate surface area is 157 Å². The van der Waals surface area contributed by atoms with E-state index in [4.69, 9.17) is 27.9 Å². The lowest BCUT2D eigenvalue weighted by atomic mass is 9.85. The second kappa shape index (κ2) is 7.94. The number of carbonyl (C=O) groups excluding carboxylic acids is 1. The van der Waals surface area contributed by atoms with Crippen molar-refractivity contribution in [3.05, 3.63) is 75.4 Å². The molecule has 0 saturated heterocycles. The molecule has 2 aromatic carbocycles. The zero-order chi connectivity index (χ0) is 17.8. The number of hydrogen-bond donors (Lipinski definition) is 1. The van der Waals surface area contributed by atoms with Crippen LogP contribution in [0, 0.1) is 0 Å². The topological polar surface area (TPSA) is 38.3 Å². The van der Waals surface area contributed by atoms with Gasteiger partial charge >= 0.3 is 0 Å². The molecule has 0 amide bonds. The summed E-state index contributed by atoms with van der Waals surface area (Å²) in [7, 11) is 1.65. The SMILES string of the molecule is COc1ccc([C@H]2CC(=O)C=C(NCc3ccc(Cl)c(Cl)c3)C2)cc1. The Bertz CT molecular complexity index is 800. The van der Waals surface area contributed by atoms with Gasteiger partial charge in [0.05, 0.1) is 17.2 Å². The molecule has 0 saturated carbocycles. The summed E-state index contributed by atoms with van der Waals surface area (Å²) in [6.07, 6.45) is 3.04. The summed E-state index contributed by atoms with van der Waals surface area (Å²) in [5.74, 6) is 1.14. The summed E-state index contributed by atoms with van der Waals surface area (Å²) < 4.78 is 5.19. The zero-order valence-corrected chi connectivity index (χ0v) is 15.4. The Morgan fingerprint density at radius 3 is 2.52 bits per heavy atom. The lowest BCUT2D eigenvalue weighted by Gasteiger charge is -2.23. The first-order valence-electron chi connectivity index (χ1n) is 8.10. The van der Waals surface area contributed by atoms with Gasteiger partial charge in [-0.1, -0.05) is 41.4 Å². The summed E-state index contributed by atoms with van der Waals surface area (Å²) >= 11 is 12.0. The molecule has 1 aliphatic rings. The quantitative estimate of drug-likeness (QED) is 0.787. The fourth-order valence-electron chi connectivity index (χ4n) is 2.99. The van der Waals surface area contributed by atoms with Crippen molar-refractivity contribution >= 4 is 29.0 Å². The predicted octanol–water partition coefficient (Wildman–Crippen LogP) is 5.12. The molecule has 1 aliphatic carbocycles. The van der Waals surface area contributed by atoms with Gasteiger partial charge in [-0.3, -0.25) is 4.79 Å². The van der Waals surface area contributed by atoms with Crippen LogP contribution in [0.4, 0.5) is 0 Å². The first kappa shape index (κ1) is 17.8. The van der Waals surface area contributed by atoms with Gasteiger partial charge in [0.15, 0.2) is 5.78 Å². The molecule has 0 radical (unpaired) electrons. The molecule has 2 aromatic rings. The molecule has 0 fully saturated rings. The number of hydrogen-bond acceptors (Lipinski definition) is 3. The third kappa shape index (κ3) is 4.56. The largest absolute Gasteiger partial charge is 0.497 e. The smallest absolute Gasteiger partial charge is 0.158 e. The van der Waals surface area contributed by atoms with E-state index in [0.717, 1.165) is 29.0 Å². The molecule has 0 unspecified atom stereocenters. The number of nitrogens with one attached hydrogen (secondary N) is 1. The van der Waals surface area contributed by atoms with Crippen LogP contribution in [0.25, 0.3) is 0 Å². The van der Waals surface area contributed by atoms with Gasteiger partial charge in [0, 0.05) is 24.7 Å². The van der Waals surface area contributed by atoms with Crippen LogP contribution < -0.4 is 10.1 Å². The van der Waals surface area contributed by atoms with E-state index in [-0.39, 0.29) is 11.7 Å². The highest BCUT2D eigenvalue weighted by atomic mass is 35.5. The van der Waals surface area contributed by atoms with Crippen molar-refractivity contribution in [3.63, 3.8) is 0 Å². The van der Waals surface area contributed by atoms with Crippen molar-refractivity contribution < 1.29 is 9.53 Å². The van der Waals surface area contributed by atoms with Crippen molar-refractivity contribution in [2.24, 2.45) is 0 Å². The van der Waals surface area contributed by atoms with Crippen LogP contribution in [-0.4, -0.2) is 12.9 Å². The van der Waals surface area contributed by atoms with Crippen molar-refractivity contribution in [1.82, 2.24) is 5.32 Å². The summed E-state index contributed by atoms with van der Waals surface area (Å²) in [6.45, 7) is 0.603. The highest BCUT2D eigenvalue weighted by Gasteiger charge is 2.22. The van der Waals surface area contributed by atoms with Crippen LogP contribution >= 0.6 is 23.2 Å². The van der Waals surface area contributed by atoms with E-state index in [2.05, 4.69) is 5.32 Å². The van der Waals surface area contributed by atoms with Gasteiger partial charge in [-0.25, -0.2) is 0 Å². The first-order valence-corrected chi connectivity index (χ1v) is 8.86. The minimum atomic E-state index is 0.142. The molecular weight excluding hydrogens is 357 g/mol. The van der Waals surface area contributed by atoms with E-state index in [9.17, 15) is 4.79 Å². The van der Waals surface area contributed by atoms with Crippen LogP contribution in [0.5, 0.6) is 5.75 Å². The Morgan fingerprint density at radius 2 is 1.84 bits per heavy atom. The normalized spacial score (nSPS) is 17.2. The number of methoxy groups -OCH3 is 1. The van der Waals surface area contributed by atoms with Crippen LogP contribution in [0.15, 0.2) is 54.2 Å². The van der Waals surface area contributed by atoms with Gasteiger partial charge in [0.25, 0.3) is 0 Å². The number of carbonyl (C=O) groups is 1. The summed E-state index contributed by atoms with van der Waals surface area (Å²) in [5.41, 5.74) is 3.12. The van der Waals surface area contributed by atoms with Gasteiger partial charge < -0.3 is 10.1 Å². The molecule has 5 heteroatoms. The maximum Gasteiger partial charge on any atom is 0.158 e. The standard InChI is InChI=1S/C20H19Cl2NO2/c1-25-18-5-3-14(4-6-18)15-9-16(11-17(24)10-15)23-12-13-2-7-19(21)20(22)8-13/h2-8,11,15,23H,9-10,12H2,1H3/t15-/m1/s1. The van der Waals surface area contributed by atoms with Gasteiger partial charge in [-0.05, 0) is 47.7 Å². The molecule has 0 aliphatic heterocycles. The van der Waals surface area contributed by atoms with Crippen molar-refractivity contribution in [2.45, 2.75) is 25.3 Å². The highest BCUT2D eigenvalue weighted by molar-refractivity contribution is 6.42. The van der Waals surface area contributed by atoms with Crippen molar-refractivity contribution in [3.8, 4) is 5.75 Å². The molecule has 0 bridgehead atoms. The number of ether oxygens (including phenoxy) is 1. The van der Waals surface area contributed by atoms with Gasteiger partial charge in [-0.2, -0.15) is 0 Å². The highest BCUT2D eigenvalue weighted by Crippen LogP contribution is 2.31. The predicted molar refractivity (Wildman–Crippen MR) is 101 cm³/mol. The van der Waals surface area contributed by atoms with Crippen LogP contribution in [-0.2, 0) is 11.3 Å². The van der Waals surface area contributed by atoms with E-state index >= 15 is 0 Å². The number of allylic oxidation sites excluding steroid dienone is 2. The summed E-state index contributed by atoms with van der Waals surface area (Å²) in [6, 6.07) is 13.5. The first-order chi connectivity index (χ1) is 12.0. The second-order valence-electron chi connectivity index (χ2n) is 6.12. The average molecular weight is 376 g/mol. The lowest BCUT2D eigenvalue weighted by molar-refractivity contribution is -0.115. The summed E-state index contributed by atoms with van der Waals surface area (Å²) in [5, 5.41) is 4.42. The maximum atomic E-state index is 12.1. The Kier molecular flexibility index (Phi) is 5.67. The van der Waals surface area contributed by atoms with Crippen molar-refractivity contribution in [2.75, 3.05) is 7.11 Å². The fourth-order valence-corrected chi connectivity index (χ4v) is 3.31. The second-order valence-corrected chi connectivity index (χ2v) is 6.93. The minimum Gasteiger partial charge on any atom is -0.497 e. The van der Waals surface area contributed by atoms with Gasteiger partial charge in [0.1, 0.15) is 5.75 Å². The maximum absolute atomic E-state index is 12.1. The molecular formula is C20H19Cl2NO2. The Morgan fingerprint density at radius 1 is 1.08 bits per heavy atom. The van der Waals surface area contributed by atoms with Crippen LogP contribution in [0.3, 0.4) is 0 Å². The molecule has 0 spiro atoms. The van der Waals surface area contributed by atoms with E-state index in [1.54, 1.807) is 19.3 Å². The Balaban J connectivity index is 1.67. The van der Waals surface area contributed by atoms with Crippen LogP contribution in [0.1, 0.15) is 29.9 Å². The van der Waals surface area contributed by atoms with Crippen molar-refractivity contribution in [1.29, 1.82) is 0 Å². The third-order valence-electron chi connectivity index (χ3n) is 4.34. The number of rotatable bonds is 5. The van der Waals surface area contributed by atoms with Gasteiger partial charge in [0.2, 0.25) is 0 Å². The molecule has 3 nitrogen and oxygen atoms in total. The third-order valence-corrected chi connectivity index (χ3v) is 5.08. The zero-order valence-electron chi connectivity index (χ0n) is 13.9. The molecule has 0 aromatic heterocycles. The molecule has 1 N–H and O–H groups in total. The Hall–Kier alpha value is -1.97. The van der Waals surface area contributed by atoms with E-state index < -0.39 is 0 Å². The number of ketones is 1. The fraction of sp³-hybridized carbons (Fsp3) is 0.250. The molecule has 130 valence electrons. The molecule has 25 heavy (non-hydrogen) atoms. The summed E-state index contributed by atoms with van der Waals surface area (Å²) in [4.78, 5) is 12.1. The van der Waals surface area contributed by atoms with E-state index in [1.807, 2.05) is 36.4 Å². The minimum absolute atomic E-state index is 0.142. The van der Waals surface area contributed by atoms with E-state index in [0.29, 0.717) is 23.0 Å². The molecule has 1 atom stereocenters.